The third-order valence-corrected chi connectivity index (χ3v) is 6.72. The van der Waals surface area contributed by atoms with Crippen molar-refractivity contribution in [3.05, 3.63) is 105 Å². The molecule has 0 heterocycles. The normalized spacial score (nSPS) is 11.8. The van der Waals surface area contributed by atoms with Crippen LogP contribution in [-0.4, -0.2) is 29.3 Å². The average Bonchev–Trinajstić information content (AvgIpc) is 2.83. The first kappa shape index (κ1) is 27.1. The highest BCUT2D eigenvalue weighted by Gasteiger charge is 2.31. The van der Waals surface area contributed by atoms with Crippen LogP contribution in [0.1, 0.15) is 30.5 Å². The predicted molar refractivity (Wildman–Crippen MR) is 144 cm³/mol. The Balaban J connectivity index is 2.01. The van der Waals surface area contributed by atoms with Crippen LogP contribution < -0.4 is 5.32 Å². The Morgan fingerprint density at radius 3 is 2.06 bits per heavy atom. The zero-order valence-corrected chi connectivity index (χ0v) is 22.1. The molecule has 0 saturated heterocycles. The molecule has 3 rings (SSSR count). The molecule has 2 amide bonds. The summed E-state index contributed by atoms with van der Waals surface area (Å²) in [7, 11) is 0. The number of hydrogen-bond donors (Lipinski definition) is 1. The van der Waals surface area contributed by atoms with Crippen molar-refractivity contribution in [2.24, 2.45) is 5.92 Å². The summed E-state index contributed by atoms with van der Waals surface area (Å²) in [6.07, 6.45) is 0.322. The van der Waals surface area contributed by atoms with E-state index in [2.05, 4.69) is 5.32 Å². The van der Waals surface area contributed by atoms with Crippen molar-refractivity contribution < 1.29 is 9.59 Å². The van der Waals surface area contributed by atoms with Crippen LogP contribution in [0.3, 0.4) is 0 Å². The lowest BCUT2D eigenvalue weighted by Gasteiger charge is -2.32. The molecule has 0 saturated carbocycles. The Morgan fingerprint density at radius 1 is 0.829 bits per heavy atom. The van der Waals surface area contributed by atoms with Gasteiger partial charge in [-0.3, -0.25) is 9.59 Å². The lowest BCUT2D eigenvalue weighted by Crippen LogP contribution is -2.51. The van der Waals surface area contributed by atoms with Gasteiger partial charge in [0.05, 0.1) is 6.42 Å². The van der Waals surface area contributed by atoms with Gasteiger partial charge < -0.3 is 10.2 Å². The lowest BCUT2D eigenvalue weighted by atomic mass is 10.0. The molecule has 0 bridgehead atoms. The first-order chi connectivity index (χ1) is 16.8. The van der Waals surface area contributed by atoms with Crippen molar-refractivity contribution in [3.63, 3.8) is 0 Å². The summed E-state index contributed by atoms with van der Waals surface area (Å²) in [4.78, 5) is 28.8. The second-order valence-corrected chi connectivity index (χ2v) is 10.1. The quantitative estimate of drug-likeness (QED) is 0.320. The number of rotatable bonds is 10. The fourth-order valence-corrected chi connectivity index (χ4v) is 4.47. The predicted octanol–water partition coefficient (Wildman–Crippen LogP) is 6.60. The minimum Gasteiger partial charge on any atom is -0.354 e. The zero-order chi connectivity index (χ0) is 25.4. The van der Waals surface area contributed by atoms with E-state index in [-0.39, 0.29) is 30.7 Å². The van der Waals surface area contributed by atoms with Crippen LogP contribution in [0.15, 0.2) is 72.8 Å². The van der Waals surface area contributed by atoms with Crippen LogP contribution in [0.25, 0.3) is 0 Å². The van der Waals surface area contributed by atoms with E-state index < -0.39 is 6.04 Å². The van der Waals surface area contributed by atoms with E-state index in [1.807, 2.05) is 62.4 Å². The molecule has 7 heteroatoms. The monoisotopic (exact) mass is 530 g/mol. The summed E-state index contributed by atoms with van der Waals surface area (Å²) in [5.41, 5.74) is 2.23. The lowest BCUT2D eigenvalue weighted by molar-refractivity contribution is -0.140. The summed E-state index contributed by atoms with van der Waals surface area (Å²) >= 11 is 19.2. The molecule has 3 aromatic rings. The number of halogens is 3. The van der Waals surface area contributed by atoms with Gasteiger partial charge in [-0.2, -0.15) is 0 Å². The minimum atomic E-state index is -0.749. The van der Waals surface area contributed by atoms with E-state index in [9.17, 15) is 9.59 Å². The van der Waals surface area contributed by atoms with E-state index in [0.717, 1.165) is 11.1 Å². The molecule has 0 aromatic heterocycles. The molecule has 0 aliphatic carbocycles. The summed E-state index contributed by atoms with van der Waals surface area (Å²) in [5, 5.41) is 4.36. The highest BCUT2D eigenvalue weighted by Crippen LogP contribution is 2.27. The Bertz CT molecular complexity index is 1130. The minimum absolute atomic E-state index is 0.0360. The zero-order valence-electron chi connectivity index (χ0n) is 19.8. The fourth-order valence-electron chi connectivity index (χ4n) is 3.74. The number of amides is 2. The molecule has 0 aliphatic rings. The average molecular weight is 532 g/mol. The van der Waals surface area contributed by atoms with Gasteiger partial charge in [0.25, 0.3) is 0 Å². The van der Waals surface area contributed by atoms with Crippen molar-refractivity contribution >= 4 is 46.6 Å². The molecule has 0 spiro atoms. The SMILES string of the molecule is CC(C)CNC(=O)[C@@H](Cc1ccccc1)N(Cc1ccccc1Cl)C(=O)Cc1c(Cl)cccc1Cl. The van der Waals surface area contributed by atoms with E-state index in [0.29, 0.717) is 33.6 Å². The topological polar surface area (TPSA) is 49.4 Å². The maximum atomic E-state index is 13.8. The Morgan fingerprint density at radius 2 is 1.43 bits per heavy atom. The Labute approximate surface area is 222 Å². The van der Waals surface area contributed by atoms with Gasteiger partial charge in [0, 0.05) is 34.6 Å². The van der Waals surface area contributed by atoms with Gasteiger partial charge in [-0.05, 0) is 40.8 Å². The van der Waals surface area contributed by atoms with E-state index >= 15 is 0 Å². The second kappa shape index (κ2) is 13.0. The van der Waals surface area contributed by atoms with Gasteiger partial charge in [-0.25, -0.2) is 0 Å². The van der Waals surface area contributed by atoms with Crippen molar-refractivity contribution in [3.8, 4) is 0 Å². The van der Waals surface area contributed by atoms with Gasteiger partial charge in [0.2, 0.25) is 11.8 Å². The number of carbonyl (C=O) groups is 2. The standard InChI is InChI=1S/C28H29Cl3N2O2/c1-19(2)17-32-28(35)26(15-20-9-4-3-5-10-20)33(18-21-11-6-7-12-23(21)29)27(34)16-22-24(30)13-8-14-25(22)31/h3-14,19,26H,15-18H2,1-2H3,(H,32,35)/t26-/m1/s1. The number of benzene rings is 3. The summed E-state index contributed by atoms with van der Waals surface area (Å²) in [5.74, 6) is -0.209. The molecule has 0 unspecified atom stereocenters. The number of nitrogens with one attached hydrogen (secondary N) is 1. The highest BCUT2D eigenvalue weighted by molar-refractivity contribution is 6.36. The van der Waals surface area contributed by atoms with Crippen molar-refractivity contribution in [1.82, 2.24) is 10.2 Å². The summed E-state index contributed by atoms with van der Waals surface area (Å²) in [6, 6.07) is 21.4. The van der Waals surface area contributed by atoms with Gasteiger partial charge >= 0.3 is 0 Å². The van der Waals surface area contributed by atoms with Crippen molar-refractivity contribution in [1.29, 1.82) is 0 Å². The number of nitrogens with zero attached hydrogens (tertiary/aromatic N) is 1. The van der Waals surface area contributed by atoms with E-state index in [4.69, 9.17) is 34.8 Å². The molecule has 184 valence electrons. The van der Waals surface area contributed by atoms with Gasteiger partial charge in [0.15, 0.2) is 0 Å². The van der Waals surface area contributed by atoms with Crippen LogP contribution in [0.5, 0.6) is 0 Å². The van der Waals surface area contributed by atoms with Gasteiger partial charge in [0.1, 0.15) is 6.04 Å². The maximum absolute atomic E-state index is 13.8. The third-order valence-electron chi connectivity index (χ3n) is 5.64. The molecule has 35 heavy (non-hydrogen) atoms. The van der Waals surface area contributed by atoms with Gasteiger partial charge in [-0.15, -0.1) is 0 Å². The summed E-state index contributed by atoms with van der Waals surface area (Å²) < 4.78 is 0. The molecular formula is C28H29Cl3N2O2. The molecule has 3 aromatic carbocycles. The van der Waals surface area contributed by atoms with Crippen LogP contribution in [0, 0.1) is 5.92 Å². The Hall–Kier alpha value is -2.53. The summed E-state index contributed by atoms with van der Waals surface area (Å²) in [6.45, 7) is 4.73. The van der Waals surface area contributed by atoms with Crippen LogP contribution in [0.2, 0.25) is 15.1 Å². The van der Waals surface area contributed by atoms with E-state index in [1.165, 1.54) is 0 Å². The number of carbonyl (C=O) groups excluding carboxylic acids is 2. The fraction of sp³-hybridized carbons (Fsp3) is 0.286. The second-order valence-electron chi connectivity index (χ2n) is 8.83. The maximum Gasteiger partial charge on any atom is 0.243 e. The first-order valence-electron chi connectivity index (χ1n) is 11.5. The first-order valence-corrected chi connectivity index (χ1v) is 12.7. The number of hydrogen-bond acceptors (Lipinski definition) is 2. The smallest absolute Gasteiger partial charge is 0.243 e. The molecule has 1 atom stereocenters. The molecule has 0 fully saturated rings. The van der Waals surface area contributed by atoms with Crippen LogP contribution in [-0.2, 0) is 29.0 Å². The van der Waals surface area contributed by atoms with Crippen molar-refractivity contribution in [2.45, 2.75) is 39.3 Å². The highest BCUT2D eigenvalue weighted by atomic mass is 35.5. The van der Waals surface area contributed by atoms with Gasteiger partial charge in [-0.1, -0.05) is 103 Å². The molecule has 0 aliphatic heterocycles. The van der Waals surface area contributed by atoms with E-state index in [1.54, 1.807) is 29.2 Å². The van der Waals surface area contributed by atoms with Crippen molar-refractivity contribution in [2.75, 3.05) is 6.54 Å². The van der Waals surface area contributed by atoms with Crippen LogP contribution >= 0.6 is 34.8 Å². The third kappa shape index (κ3) is 7.73. The van der Waals surface area contributed by atoms with Crippen LogP contribution in [0.4, 0.5) is 0 Å². The molecule has 0 radical (unpaired) electrons. The molecule has 1 N–H and O–H groups in total. The molecular weight excluding hydrogens is 503 g/mol. The molecule has 4 nitrogen and oxygen atoms in total. The Kier molecular flexibility index (Phi) is 10.0. The largest absolute Gasteiger partial charge is 0.354 e.